The van der Waals surface area contributed by atoms with Crippen molar-refractivity contribution < 1.29 is 14.3 Å². The van der Waals surface area contributed by atoms with Crippen molar-refractivity contribution in [3.63, 3.8) is 0 Å². The molecular weight excluding hydrogens is 384 g/mol. The fourth-order valence-electron chi connectivity index (χ4n) is 4.97. The summed E-state index contributed by atoms with van der Waals surface area (Å²) in [7, 11) is 0. The highest BCUT2D eigenvalue weighted by atomic mass is 16.5. The first kappa shape index (κ1) is 17.8. The molecule has 4 aromatic carbocycles. The third-order valence-electron chi connectivity index (χ3n) is 6.43. The molecule has 0 amide bonds. The number of ketones is 1. The van der Waals surface area contributed by atoms with Gasteiger partial charge in [-0.15, -0.1) is 0 Å². The fourth-order valence-corrected chi connectivity index (χ4v) is 4.97. The largest absolute Gasteiger partial charge is 0.425 e. The van der Waals surface area contributed by atoms with E-state index in [-0.39, 0.29) is 5.78 Å². The monoisotopic (exact) mass is 402 g/mol. The number of hydrogen-bond donors (Lipinski definition) is 0. The highest BCUT2D eigenvalue weighted by Crippen LogP contribution is 2.62. The molecule has 0 radical (unpaired) electrons. The maximum Gasteiger partial charge on any atom is 0.330 e. The summed E-state index contributed by atoms with van der Waals surface area (Å²) < 4.78 is 5.80. The van der Waals surface area contributed by atoms with E-state index in [2.05, 4.69) is 0 Å². The summed E-state index contributed by atoms with van der Waals surface area (Å²) in [6.07, 6.45) is 1.81. The van der Waals surface area contributed by atoms with Crippen LogP contribution < -0.4 is 4.74 Å². The lowest BCUT2D eigenvalue weighted by molar-refractivity contribution is -0.143. The van der Waals surface area contributed by atoms with Crippen LogP contribution in [-0.4, -0.2) is 11.8 Å². The number of rotatable bonds is 3. The number of esters is 1. The van der Waals surface area contributed by atoms with Gasteiger partial charge in [-0.1, -0.05) is 97.1 Å². The van der Waals surface area contributed by atoms with E-state index in [9.17, 15) is 9.59 Å². The molecule has 3 heteroatoms. The first-order valence-electron chi connectivity index (χ1n) is 10.3. The minimum atomic E-state index is -1.36. The van der Waals surface area contributed by atoms with Crippen LogP contribution in [0.25, 0.3) is 16.3 Å². The molecule has 0 aromatic heterocycles. The zero-order chi connectivity index (χ0) is 21.0. The predicted octanol–water partition coefficient (Wildman–Crippen LogP) is 5.81. The van der Waals surface area contributed by atoms with Gasteiger partial charge in [-0.05, 0) is 28.0 Å². The van der Waals surface area contributed by atoms with Crippen molar-refractivity contribution in [2.45, 2.75) is 5.92 Å². The molecule has 1 aliphatic heterocycles. The van der Waals surface area contributed by atoms with Crippen molar-refractivity contribution in [3.05, 3.63) is 120 Å². The van der Waals surface area contributed by atoms with Crippen LogP contribution in [0.4, 0.5) is 0 Å². The minimum absolute atomic E-state index is 0.221. The number of allylic oxidation sites excluding steroid dienone is 1. The van der Waals surface area contributed by atoms with E-state index < -0.39 is 17.3 Å². The van der Waals surface area contributed by atoms with E-state index in [1.807, 2.05) is 91.0 Å². The molecule has 1 heterocycles. The van der Waals surface area contributed by atoms with Gasteiger partial charge in [-0.3, -0.25) is 9.59 Å². The summed E-state index contributed by atoms with van der Waals surface area (Å²) in [5.74, 6) is -0.591. The van der Waals surface area contributed by atoms with Crippen molar-refractivity contribution in [3.8, 4) is 5.75 Å². The van der Waals surface area contributed by atoms with Crippen molar-refractivity contribution >= 4 is 28.1 Å². The van der Waals surface area contributed by atoms with Crippen LogP contribution in [0.3, 0.4) is 0 Å². The molecular formula is C28H18O3. The number of ether oxygens (including phenoxy) is 1. The number of Topliss-reactive ketones (excluding diaryl/α,β-unsaturated/α-hetero) is 1. The minimum Gasteiger partial charge on any atom is -0.425 e. The van der Waals surface area contributed by atoms with E-state index >= 15 is 0 Å². The molecule has 148 valence electrons. The Labute approximate surface area is 179 Å². The van der Waals surface area contributed by atoms with Gasteiger partial charge in [0.15, 0.2) is 11.2 Å². The summed E-state index contributed by atoms with van der Waals surface area (Å²) >= 11 is 0. The number of fused-ring (bicyclic) bond motifs is 5. The normalized spacial score (nSPS) is 21.4. The van der Waals surface area contributed by atoms with Crippen LogP contribution in [0.5, 0.6) is 5.75 Å². The van der Waals surface area contributed by atoms with E-state index in [0.717, 1.165) is 27.5 Å². The molecule has 0 spiro atoms. The summed E-state index contributed by atoms with van der Waals surface area (Å²) in [4.78, 5) is 27.2. The first-order chi connectivity index (χ1) is 15.2. The van der Waals surface area contributed by atoms with Crippen LogP contribution in [0.2, 0.25) is 0 Å². The highest BCUT2D eigenvalue weighted by molar-refractivity contribution is 6.22. The molecule has 0 bridgehead atoms. The predicted molar refractivity (Wildman–Crippen MR) is 120 cm³/mol. The standard InChI is InChI=1S/C28H18O3/c29-26(20-12-5-2-6-13-20)28-17-22(18-9-3-1-4-10-18)25(28)24-21-14-8-7-11-19(21)15-16-23(24)31-27(28)30/h1-17,25H/t25-,28-/m0/s1. The second-order valence-electron chi connectivity index (χ2n) is 8.05. The van der Waals surface area contributed by atoms with Gasteiger partial charge in [0, 0.05) is 17.0 Å². The average Bonchev–Trinajstić information content (AvgIpc) is 2.81. The van der Waals surface area contributed by atoms with Gasteiger partial charge < -0.3 is 4.74 Å². The van der Waals surface area contributed by atoms with Gasteiger partial charge in [-0.2, -0.15) is 0 Å². The molecule has 0 unspecified atom stereocenters. The van der Waals surface area contributed by atoms with E-state index in [0.29, 0.717) is 11.3 Å². The maximum atomic E-state index is 13.8. The first-order valence-corrected chi connectivity index (χ1v) is 10.3. The molecule has 4 aromatic rings. The molecule has 31 heavy (non-hydrogen) atoms. The number of hydrogen-bond acceptors (Lipinski definition) is 3. The maximum absolute atomic E-state index is 13.8. The van der Waals surface area contributed by atoms with Crippen molar-refractivity contribution in [1.29, 1.82) is 0 Å². The Balaban J connectivity index is 1.65. The lowest BCUT2D eigenvalue weighted by Gasteiger charge is -2.48. The van der Waals surface area contributed by atoms with Gasteiger partial charge in [-0.25, -0.2) is 0 Å². The Morgan fingerprint density at radius 3 is 2.23 bits per heavy atom. The second kappa shape index (κ2) is 6.51. The highest BCUT2D eigenvalue weighted by Gasteiger charge is 2.63. The van der Waals surface area contributed by atoms with Gasteiger partial charge in [0.05, 0.1) is 0 Å². The van der Waals surface area contributed by atoms with Crippen LogP contribution in [0.15, 0.2) is 103 Å². The lowest BCUT2D eigenvalue weighted by atomic mass is 9.53. The molecule has 0 fully saturated rings. The Kier molecular flexibility index (Phi) is 3.75. The summed E-state index contributed by atoms with van der Waals surface area (Å²) in [5, 5.41) is 2.06. The Hall–Kier alpha value is -3.98. The molecule has 2 aliphatic rings. The van der Waals surface area contributed by atoms with Gasteiger partial charge >= 0.3 is 5.97 Å². The smallest absolute Gasteiger partial charge is 0.330 e. The Morgan fingerprint density at radius 2 is 1.45 bits per heavy atom. The number of carbonyl (C=O) groups is 2. The number of carbonyl (C=O) groups excluding carboxylic acids is 2. The molecule has 0 N–H and O–H groups in total. The zero-order valence-electron chi connectivity index (χ0n) is 16.6. The number of benzene rings is 4. The Morgan fingerprint density at radius 1 is 0.774 bits per heavy atom. The fraction of sp³-hybridized carbons (Fsp3) is 0.0714. The SMILES string of the molecule is O=C1Oc2ccc3ccccc3c2[C@@H]2C(c3ccccc3)=C[C@]12C(=O)c1ccccc1. The van der Waals surface area contributed by atoms with Crippen LogP contribution in [0.1, 0.15) is 27.4 Å². The summed E-state index contributed by atoms with van der Waals surface area (Å²) in [6, 6.07) is 30.8. The third-order valence-corrected chi connectivity index (χ3v) is 6.43. The van der Waals surface area contributed by atoms with E-state index in [1.54, 1.807) is 12.1 Å². The lowest BCUT2D eigenvalue weighted by Crippen LogP contribution is -2.53. The van der Waals surface area contributed by atoms with Crippen LogP contribution >= 0.6 is 0 Å². The quantitative estimate of drug-likeness (QED) is 0.188. The van der Waals surface area contributed by atoms with E-state index in [4.69, 9.17) is 4.74 Å². The summed E-state index contributed by atoms with van der Waals surface area (Å²) in [6.45, 7) is 0. The van der Waals surface area contributed by atoms with E-state index in [1.165, 1.54) is 0 Å². The molecule has 0 saturated carbocycles. The van der Waals surface area contributed by atoms with Gasteiger partial charge in [0.1, 0.15) is 5.75 Å². The molecule has 1 aliphatic carbocycles. The van der Waals surface area contributed by atoms with Crippen molar-refractivity contribution in [2.75, 3.05) is 0 Å². The molecule has 6 rings (SSSR count). The Bertz CT molecular complexity index is 1390. The summed E-state index contributed by atoms with van der Waals surface area (Å²) in [5.41, 5.74) is 2.06. The van der Waals surface area contributed by atoms with Crippen LogP contribution in [-0.2, 0) is 4.79 Å². The zero-order valence-corrected chi connectivity index (χ0v) is 16.6. The molecule has 0 saturated heterocycles. The van der Waals surface area contributed by atoms with Crippen LogP contribution in [0, 0.1) is 5.41 Å². The third kappa shape index (κ3) is 2.40. The average molecular weight is 402 g/mol. The van der Waals surface area contributed by atoms with Gasteiger partial charge in [0.25, 0.3) is 0 Å². The molecule has 2 atom stereocenters. The molecule has 3 nitrogen and oxygen atoms in total. The topological polar surface area (TPSA) is 43.4 Å². The van der Waals surface area contributed by atoms with Crippen molar-refractivity contribution in [1.82, 2.24) is 0 Å². The second-order valence-corrected chi connectivity index (χ2v) is 8.05. The van der Waals surface area contributed by atoms with Crippen molar-refractivity contribution in [2.24, 2.45) is 5.41 Å². The van der Waals surface area contributed by atoms with Gasteiger partial charge in [0.2, 0.25) is 0 Å².